The largest absolute Gasteiger partial charge is 0.444 e. The van der Waals surface area contributed by atoms with Gasteiger partial charge in [-0.2, -0.15) is 0 Å². The molecule has 1 atom stereocenters. The number of pyridine rings is 1. The molecule has 0 bridgehead atoms. The molecule has 2 heterocycles. The Kier molecular flexibility index (Phi) is 6.08. The zero-order chi connectivity index (χ0) is 17.7. The Bertz CT molecular complexity index is 550. The van der Waals surface area contributed by atoms with Gasteiger partial charge in [0.25, 0.3) is 0 Å². The van der Waals surface area contributed by atoms with Crippen molar-refractivity contribution in [2.75, 3.05) is 24.5 Å². The van der Waals surface area contributed by atoms with Crippen molar-refractivity contribution in [3.05, 3.63) is 23.9 Å². The molecule has 24 heavy (non-hydrogen) atoms. The standard InChI is InChI=1S/C19H31N3O2/c1-6-21(7-2)17-15(11-10-13-20-17)16-12-8-9-14-22(16)18(23)24-19(3,4)5/h10-11,13,16H,6-9,12,14H2,1-5H3/t16-/m0/s1. The van der Waals surface area contributed by atoms with E-state index in [0.29, 0.717) is 0 Å². The molecule has 1 saturated heterocycles. The fourth-order valence-electron chi connectivity index (χ4n) is 3.25. The molecular weight excluding hydrogens is 302 g/mol. The van der Waals surface area contributed by atoms with Gasteiger partial charge in [-0.05, 0) is 59.9 Å². The van der Waals surface area contributed by atoms with Gasteiger partial charge < -0.3 is 14.5 Å². The average Bonchev–Trinajstić information content (AvgIpc) is 2.55. The van der Waals surface area contributed by atoms with E-state index < -0.39 is 5.60 Å². The lowest BCUT2D eigenvalue weighted by atomic mass is 9.95. The monoisotopic (exact) mass is 333 g/mol. The topological polar surface area (TPSA) is 45.7 Å². The number of aromatic nitrogens is 1. The molecule has 0 aliphatic carbocycles. The van der Waals surface area contributed by atoms with Crippen LogP contribution in [0.2, 0.25) is 0 Å². The molecule has 1 amide bonds. The number of carbonyl (C=O) groups is 1. The summed E-state index contributed by atoms with van der Waals surface area (Å²) in [4.78, 5) is 21.4. The third-order valence-corrected chi connectivity index (χ3v) is 4.37. The van der Waals surface area contributed by atoms with Crippen LogP contribution in [0.25, 0.3) is 0 Å². The summed E-state index contributed by atoms with van der Waals surface area (Å²) in [6, 6.07) is 4.11. The fourth-order valence-corrected chi connectivity index (χ4v) is 3.25. The van der Waals surface area contributed by atoms with Crippen LogP contribution in [0, 0.1) is 0 Å². The van der Waals surface area contributed by atoms with Gasteiger partial charge in [-0.3, -0.25) is 0 Å². The van der Waals surface area contributed by atoms with Crippen molar-refractivity contribution in [1.29, 1.82) is 0 Å². The number of anilines is 1. The first-order valence-corrected chi connectivity index (χ1v) is 9.06. The van der Waals surface area contributed by atoms with Crippen molar-refractivity contribution in [3.63, 3.8) is 0 Å². The maximum absolute atomic E-state index is 12.7. The molecule has 0 radical (unpaired) electrons. The van der Waals surface area contributed by atoms with E-state index in [0.717, 1.165) is 50.3 Å². The number of piperidine rings is 1. The number of carbonyl (C=O) groups excluding carboxylic acids is 1. The third-order valence-electron chi connectivity index (χ3n) is 4.37. The van der Waals surface area contributed by atoms with Crippen LogP contribution in [0.4, 0.5) is 10.6 Å². The summed E-state index contributed by atoms with van der Waals surface area (Å²) in [6.45, 7) is 12.5. The van der Waals surface area contributed by atoms with Gasteiger partial charge in [0.1, 0.15) is 11.4 Å². The summed E-state index contributed by atoms with van der Waals surface area (Å²) in [5, 5.41) is 0. The second-order valence-corrected chi connectivity index (χ2v) is 7.27. The Morgan fingerprint density at radius 3 is 2.67 bits per heavy atom. The van der Waals surface area contributed by atoms with Crippen molar-refractivity contribution in [2.45, 2.75) is 65.5 Å². The smallest absolute Gasteiger partial charge is 0.410 e. The van der Waals surface area contributed by atoms with Crippen molar-refractivity contribution in [1.82, 2.24) is 9.88 Å². The molecular formula is C19H31N3O2. The molecule has 1 fully saturated rings. The van der Waals surface area contributed by atoms with E-state index in [-0.39, 0.29) is 12.1 Å². The number of rotatable bonds is 4. The fraction of sp³-hybridized carbons (Fsp3) is 0.684. The van der Waals surface area contributed by atoms with Crippen LogP contribution in [-0.4, -0.2) is 41.2 Å². The lowest BCUT2D eigenvalue weighted by molar-refractivity contribution is 0.00954. The van der Waals surface area contributed by atoms with Crippen molar-refractivity contribution in [3.8, 4) is 0 Å². The van der Waals surface area contributed by atoms with Crippen LogP contribution in [-0.2, 0) is 4.74 Å². The molecule has 1 aliphatic heterocycles. The van der Waals surface area contributed by atoms with E-state index in [9.17, 15) is 4.79 Å². The predicted molar refractivity (Wildman–Crippen MR) is 97.3 cm³/mol. The Labute approximate surface area is 146 Å². The lowest BCUT2D eigenvalue weighted by Gasteiger charge is -2.38. The minimum absolute atomic E-state index is 0.0397. The maximum Gasteiger partial charge on any atom is 0.410 e. The number of likely N-dealkylation sites (tertiary alicyclic amines) is 1. The number of amides is 1. The van der Waals surface area contributed by atoms with E-state index >= 15 is 0 Å². The van der Waals surface area contributed by atoms with Gasteiger partial charge in [0.15, 0.2) is 0 Å². The van der Waals surface area contributed by atoms with E-state index in [1.54, 1.807) is 0 Å². The van der Waals surface area contributed by atoms with Crippen LogP contribution in [0.1, 0.15) is 65.5 Å². The van der Waals surface area contributed by atoms with Crippen molar-refractivity contribution in [2.24, 2.45) is 0 Å². The molecule has 2 rings (SSSR count). The molecule has 1 aliphatic rings. The summed E-state index contributed by atoms with van der Waals surface area (Å²) in [5.74, 6) is 0.989. The molecule has 0 spiro atoms. The zero-order valence-corrected chi connectivity index (χ0v) is 15.7. The molecule has 0 N–H and O–H groups in total. The summed E-state index contributed by atoms with van der Waals surface area (Å²) >= 11 is 0. The SMILES string of the molecule is CCN(CC)c1ncccc1[C@@H]1CCCCN1C(=O)OC(C)(C)C. The normalized spacial score (nSPS) is 18.4. The van der Waals surface area contributed by atoms with Gasteiger partial charge >= 0.3 is 6.09 Å². The first-order chi connectivity index (χ1) is 11.4. The van der Waals surface area contributed by atoms with Crippen LogP contribution < -0.4 is 4.90 Å². The molecule has 134 valence electrons. The minimum Gasteiger partial charge on any atom is -0.444 e. The van der Waals surface area contributed by atoms with Gasteiger partial charge in [-0.25, -0.2) is 9.78 Å². The zero-order valence-electron chi connectivity index (χ0n) is 15.7. The first kappa shape index (κ1) is 18.6. The third kappa shape index (κ3) is 4.40. The molecule has 0 saturated carbocycles. The molecule has 0 aromatic carbocycles. The van der Waals surface area contributed by atoms with Crippen molar-refractivity contribution < 1.29 is 9.53 Å². The van der Waals surface area contributed by atoms with Crippen LogP contribution in [0.5, 0.6) is 0 Å². The number of ether oxygens (including phenoxy) is 1. The summed E-state index contributed by atoms with van der Waals surface area (Å²) < 4.78 is 5.63. The molecule has 5 heteroatoms. The van der Waals surface area contributed by atoms with E-state index in [1.165, 1.54) is 0 Å². The average molecular weight is 333 g/mol. The summed E-state index contributed by atoms with van der Waals surface area (Å²) in [5.41, 5.74) is 0.655. The van der Waals surface area contributed by atoms with E-state index in [2.05, 4.69) is 29.8 Å². The second kappa shape index (κ2) is 7.86. The quantitative estimate of drug-likeness (QED) is 0.820. The van der Waals surface area contributed by atoms with Crippen LogP contribution >= 0.6 is 0 Å². The van der Waals surface area contributed by atoms with E-state index in [4.69, 9.17) is 4.74 Å². The molecule has 5 nitrogen and oxygen atoms in total. The van der Waals surface area contributed by atoms with Gasteiger partial charge in [0.2, 0.25) is 0 Å². The highest BCUT2D eigenvalue weighted by Crippen LogP contribution is 2.36. The Morgan fingerprint density at radius 1 is 1.33 bits per heavy atom. The number of hydrogen-bond acceptors (Lipinski definition) is 4. The highest BCUT2D eigenvalue weighted by atomic mass is 16.6. The highest BCUT2D eigenvalue weighted by Gasteiger charge is 2.33. The van der Waals surface area contributed by atoms with E-state index in [1.807, 2.05) is 37.9 Å². The minimum atomic E-state index is -0.476. The second-order valence-electron chi connectivity index (χ2n) is 7.27. The van der Waals surface area contributed by atoms with Gasteiger partial charge in [-0.15, -0.1) is 0 Å². The Hall–Kier alpha value is -1.78. The highest BCUT2D eigenvalue weighted by molar-refractivity contribution is 5.69. The predicted octanol–water partition coefficient (Wildman–Crippen LogP) is 4.39. The lowest BCUT2D eigenvalue weighted by Crippen LogP contribution is -2.42. The Balaban J connectivity index is 2.32. The maximum atomic E-state index is 12.7. The molecule has 1 aromatic heterocycles. The summed E-state index contributed by atoms with van der Waals surface area (Å²) in [7, 11) is 0. The van der Waals surface area contributed by atoms with Gasteiger partial charge in [-0.1, -0.05) is 6.07 Å². The molecule has 0 unspecified atom stereocenters. The number of hydrogen-bond donors (Lipinski definition) is 0. The van der Waals surface area contributed by atoms with Crippen LogP contribution in [0.15, 0.2) is 18.3 Å². The van der Waals surface area contributed by atoms with Crippen molar-refractivity contribution >= 4 is 11.9 Å². The summed E-state index contributed by atoms with van der Waals surface area (Å²) in [6.07, 6.45) is 4.71. The first-order valence-electron chi connectivity index (χ1n) is 9.06. The van der Waals surface area contributed by atoms with Gasteiger partial charge in [0.05, 0.1) is 6.04 Å². The Morgan fingerprint density at radius 2 is 2.04 bits per heavy atom. The molecule has 1 aromatic rings. The van der Waals surface area contributed by atoms with Gasteiger partial charge in [0, 0.05) is 31.4 Å². The van der Waals surface area contributed by atoms with Crippen LogP contribution in [0.3, 0.4) is 0 Å². The number of nitrogens with zero attached hydrogens (tertiary/aromatic N) is 3.